The molecule has 0 unspecified atom stereocenters. The third-order valence-corrected chi connectivity index (χ3v) is 2.66. The first-order valence-electron chi connectivity index (χ1n) is 5.38. The number of carbonyl (C=O) groups excluding carboxylic acids is 1. The summed E-state index contributed by atoms with van der Waals surface area (Å²) in [4.78, 5) is 25.3. The number of nitrogens with one attached hydrogen (secondary N) is 1. The van der Waals surface area contributed by atoms with Crippen molar-refractivity contribution in [1.29, 1.82) is 0 Å². The van der Waals surface area contributed by atoms with Crippen molar-refractivity contribution in [2.45, 2.75) is 12.8 Å². The molecule has 4 nitrogen and oxygen atoms in total. The lowest BCUT2D eigenvalue weighted by atomic mass is 10.0. The van der Waals surface area contributed by atoms with E-state index in [4.69, 9.17) is 0 Å². The fourth-order valence-electron chi connectivity index (χ4n) is 1.82. The van der Waals surface area contributed by atoms with Gasteiger partial charge in [-0.05, 0) is 18.1 Å². The molecule has 0 saturated heterocycles. The Hall–Kier alpha value is -2.10. The van der Waals surface area contributed by atoms with Crippen LogP contribution in [0.25, 0.3) is 10.9 Å². The van der Waals surface area contributed by atoms with Crippen molar-refractivity contribution < 1.29 is 9.53 Å². The maximum atomic E-state index is 11.4. The molecular weight excluding hydrogens is 218 g/mol. The Morgan fingerprint density at radius 1 is 1.35 bits per heavy atom. The van der Waals surface area contributed by atoms with E-state index in [2.05, 4.69) is 9.72 Å². The van der Waals surface area contributed by atoms with Gasteiger partial charge in [-0.25, -0.2) is 0 Å². The highest BCUT2D eigenvalue weighted by molar-refractivity contribution is 5.82. The van der Waals surface area contributed by atoms with Crippen LogP contribution >= 0.6 is 0 Å². The number of para-hydroxylation sites is 1. The summed E-state index contributed by atoms with van der Waals surface area (Å²) in [5, 5.41) is 0.969. The molecule has 0 radical (unpaired) electrons. The number of carbonyl (C=O) groups is 1. The van der Waals surface area contributed by atoms with Crippen LogP contribution in [0.1, 0.15) is 12.0 Å². The smallest absolute Gasteiger partial charge is 0.305 e. The van der Waals surface area contributed by atoms with Crippen molar-refractivity contribution in [3.8, 4) is 0 Å². The van der Waals surface area contributed by atoms with Crippen LogP contribution in [0.2, 0.25) is 0 Å². The number of ether oxygens (including phenoxy) is 1. The summed E-state index contributed by atoms with van der Waals surface area (Å²) in [6.45, 7) is 0. The molecule has 2 aromatic rings. The summed E-state index contributed by atoms with van der Waals surface area (Å²) in [5.41, 5.74) is 1.51. The summed E-state index contributed by atoms with van der Waals surface area (Å²) in [5.74, 6) is -0.269. The molecule has 0 fully saturated rings. The van der Waals surface area contributed by atoms with E-state index in [0.717, 1.165) is 16.5 Å². The van der Waals surface area contributed by atoms with Crippen molar-refractivity contribution in [3.63, 3.8) is 0 Å². The second-order valence-electron chi connectivity index (χ2n) is 3.78. The molecule has 17 heavy (non-hydrogen) atoms. The van der Waals surface area contributed by atoms with Gasteiger partial charge in [0.05, 0.1) is 7.11 Å². The minimum absolute atomic E-state index is 0.149. The number of hydrogen-bond acceptors (Lipinski definition) is 3. The van der Waals surface area contributed by atoms with E-state index in [1.54, 1.807) is 0 Å². The number of hydrogen-bond donors (Lipinski definition) is 1. The molecule has 0 aliphatic heterocycles. The van der Waals surface area contributed by atoms with Gasteiger partial charge in [-0.3, -0.25) is 9.59 Å². The Morgan fingerprint density at radius 2 is 2.12 bits per heavy atom. The first kappa shape index (κ1) is 11.4. The highest BCUT2D eigenvalue weighted by Crippen LogP contribution is 2.15. The lowest BCUT2D eigenvalue weighted by Crippen LogP contribution is -2.08. The van der Waals surface area contributed by atoms with Gasteiger partial charge in [0.25, 0.3) is 0 Å². The normalized spacial score (nSPS) is 10.4. The van der Waals surface area contributed by atoms with Crippen molar-refractivity contribution in [2.24, 2.45) is 0 Å². The first-order valence-corrected chi connectivity index (χ1v) is 5.38. The highest BCUT2D eigenvalue weighted by Gasteiger charge is 2.06. The molecule has 0 atom stereocenters. The molecule has 0 aliphatic carbocycles. The average Bonchev–Trinajstić information content (AvgIpc) is 2.35. The monoisotopic (exact) mass is 231 g/mol. The molecule has 1 heterocycles. The number of rotatable bonds is 3. The number of H-pyrrole nitrogens is 1. The van der Waals surface area contributed by atoms with E-state index in [1.165, 1.54) is 13.2 Å². The quantitative estimate of drug-likeness (QED) is 0.817. The number of aromatic amines is 1. The summed E-state index contributed by atoms with van der Waals surface area (Å²) in [6, 6.07) is 9.08. The standard InChI is InChI=1S/C13H13NO3/c1-17-13(16)7-6-9-8-12(15)14-11-5-3-2-4-10(9)11/h2-5,8H,6-7H2,1H3,(H,14,15). The van der Waals surface area contributed by atoms with Gasteiger partial charge in [-0.2, -0.15) is 0 Å². The molecule has 1 aromatic heterocycles. The average molecular weight is 231 g/mol. The molecule has 4 heteroatoms. The van der Waals surface area contributed by atoms with Crippen molar-refractivity contribution in [2.75, 3.05) is 7.11 Å². The van der Waals surface area contributed by atoms with Gasteiger partial charge in [0, 0.05) is 23.4 Å². The lowest BCUT2D eigenvalue weighted by Gasteiger charge is -2.05. The second-order valence-corrected chi connectivity index (χ2v) is 3.78. The Balaban J connectivity index is 2.39. The van der Waals surface area contributed by atoms with Crippen molar-refractivity contribution in [1.82, 2.24) is 4.98 Å². The summed E-state index contributed by atoms with van der Waals surface area (Å²) in [6.07, 6.45) is 0.793. The zero-order chi connectivity index (χ0) is 12.3. The topological polar surface area (TPSA) is 59.2 Å². The molecule has 0 saturated carbocycles. The first-order chi connectivity index (χ1) is 8.20. The molecule has 1 aromatic carbocycles. The Kier molecular flexibility index (Phi) is 3.23. The van der Waals surface area contributed by atoms with Gasteiger partial charge in [-0.1, -0.05) is 18.2 Å². The van der Waals surface area contributed by atoms with E-state index < -0.39 is 0 Å². The Bertz CT molecular complexity index is 601. The largest absolute Gasteiger partial charge is 0.469 e. The van der Waals surface area contributed by atoms with Gasteiger partial charge in [0.1, 0.15) is 0 Å². The number of aryl methyl sites for hydroxylation is 1. The zero-order valence-corrected chi connectivity index (χ0v) is 9.53. The van der Waals surface area contributed by atoms with Gasteiger partial charge in [0.15, 0.2) is 0 Å². The van der Waals surface area contributed by atoms with Gasteiger partial charge in [-0.15, -0.1) is 0 Å². The van der Waals surface area contributed by atoms with Gasteiger partial charge < -0.3 is 9.72 Å². The maximum Gasteiger partial charge on any atom is 0.305 e. The van der Waals surface area contributed by atoms with E-state index in [9.17, 15) is 9.59 Å². The van der Waals surface area contributed by atoms with E-state index >= 15 is 0 Å². The van der Waals surface area contributed by atoms with E-state index in [0.29, 0.717) is 6.42 Å². The molecule has 0 bridgehead atoms. The fraction of sp³-hybridized carbons (Fsp3) is 0.231. The number of methoxy groups -OCH3 is 1. The van der Waals surface area contributed by atoms with Crippen LogP contribution in [0.5, 0.6) is 0 Å². The number of fused-ring (bicyclic) bond motifs is 1. The molecule has 0 aliphatic rings. The Labute approximate surface area is 98.2 Å². The molecule has 1 N–H and O–H groups in total. The van der Waals surface area contributed by atoms with Gasteiger partial charge in [0.2, 0.25) is 5.56 Å². The highest BCUT2D eigenvalue weighted by atomic mass is 16.5. The summed E-state index contributed by atoms with van der Waals surface area (Å²) in [7, 11) is 1.36. The predicted molar refractivity (Wildman–Crippen MR) is 64.9 cm³/mol. The SMILES string of the molecule is COC(=O)CCc1cc(=O)[nH]c2ccccc12. The minimum Gasteiger partial charge on any atom is -0.469 e. The number of benzene rings is 1. The van der Waals surface area contributed by atoms with E-state index in [1.807, 2.05) is 24.3 Å². The Morgan fingerprint density at radius 3 is 2.88 bits per heavy atom. The van der Waals surface area contributed by atoms with Crippen molar-refractivity contribution >= 4 is 16.9 Å². The zero-order valence-electron chi connectivity index (χ0n) is 9.53. The third kappa shape index (κ3) is 2.53. The molecule has 88 valence electrons. The number of esters is 1. The number of pyridine rings is 1. The van der Waals surface area contributed by atoms with Crippen LogP contribution in [0.15, 0.2) is 35.1 Å². The lowest BCUT2D eigenvalue weighted by molar-refractivity contribution is -0.140. The maximum absolute atomic E-state index is 11.4. The molecule has 0 spiro atoms. The molecular formula is C13H13NO3. The van der Waals surface area contributed by atoms with Crippen LogP contribution in [-0.4, -0.2) is 18.1 Å². The minimum atomic E-state index is -0.269. The molecule has 2 rings (SSSR count). The molecule has 0 amide bonds. The van der Waals surface area contributed by atoms with Crippen LogP contribution in [0.4, 0.5) is 0 Å². The van der Waals surface area contributed by atoms with Crippen LogP contribution in [-0.2, 0) is 16.0 Å². The summed E-state index contributed by atoms with van der Waals surface area (Å²) >= 11 is 0. The second kappa shape index (κ2) is 4.82. The summed E-state index contributed by atoms with van der Waals surface area (Å²) < 4.78 is 4.59. The predicted octanol–water partition coefficient (Wildman–Crippen LogP) is 1.63. The van der Waals surface area contributed by atoms with Crippen LogP contribution in [0.3, 0.4) is 0 Å². The number of aromatic nitrogens is 1. The van der Waals surface area contributed by atoms with Crippen LogP contribution < -0.4 is 5.56 Å². The van der Waals surface area contributed by atoms with E-state index in [-0.39, 0.29) is 17.9 Å². The fourth-order valence-corrected chi connectivity index (χ4v) is 1.82. The third-order valence-electron chi connectivity index (χ3n) is 2.66. The van der Waals surface area contributed by atoms with Gasteiger partial charge >= 0.3 is 5.97 Å². The van der Waals surface area contributed by atoms with Crippen LogP contribution in [0, 0.1) is 0 Å². The van der Waals surface area contributed by atoms with Crippen molar-refractivity contribution in [3.05, 3.63) is 46.2 Å².